The Kier molecular flexibility index (Phi) is 3.14. The van der Waals surface area contributed by atoms with Crippen LogP contribution in [0.3, 0.4) is 0 Å². The average Bonchev–Trinajstić information content (AvgIpc) is 2.27. The van der Waals surface area contributed by atoms with E-state index in [1.165, 1.54) is 0 Å². The fraction of sp³-hybridized carbons (Fsp3) is 0.308. The maximum atomic E-state index is 12.0. The second-order valence-electron chi connectivity index (χ2n) is 4.53. The predicted octanol–water partition coefficient (Wildman–Crippen LogP) is 1.85. The van der Waals surface area contributed by atoms with Crippen molar-refractivity contribution < 1.29 is 0 Å². The van der Waals surface area contributed by atoms with Crippen LogP contribution in [-0.4, -0.2) is 15.0 Å². The number of rotatable bonds is 2. The molecule has 2 aromatic heterocycles. The monoisotopic (exact) mass is 244 g/mol. The third-order valence-corrected chi connectivity index (χ3v) is 2.69. The first-order valence-electron chi connectivity index (χ1n) is 5.82. The minimum absolute atomic E-state index is 0.0424. The van der Waals surface area contributed by atoms with Crippen LogP contribution in [0.1, 0.15) is 31.0 Å². The summed E-state index contributed by atoms with van der Waals surface area (Å²) in [5.41, 5.74) is 7.64. The van der Waals surface area contributed by atoms with Crippen molar-refractivity contribution in [1.29, 1.82) is 0 Å². The molecule has 0 aliphatic rings. The summed E-state index contributed by atoms with van der Waals surface area (Å²) in [4.78, 5) is 23.2. The fourth-order valence-corrected chi connectivity index (χ4v) is 1.85. The highest BCUT2D eigenvalue weighted by Gasteiger charge is 2.13. The van der Waals surface area contributed by atoms with Gasteiger partial charge >= 0.3 is 0 Å². The molecular weight excluding hydrogens is 228 g/mol. The molecule has 2 rings (SSSR count). The van der Waals surface area contributed by atoms with Crippen LogP contribution >= 0.6 is 0 Å². The van der Waals surface area contributed by atoms with Gasteiger partial charge in [0.15, 0.2) is 5.82 Å². The number of H-pyrrole nitrogens is 1. The van der Waals surface area contributed by atoms with Gasteiger partial charge in [-0.05, 0) is 25.0 Å². The van der Waals surface area contributed by atoms with Crippen LogP contribution in [0.25, 0.3) is 11.5 Å². The minimum Gasteiger partial charge on any atom is -0.383 e. The summed E-state index contributed by atoms with van der Waals surface area (Å²) in [5, 5.41) is 0. The molecule has 0 aromatic carbocycles. The fourth-order valence-electron chi connectivity index (χ4n) is 1.85. The molecule has 0 aliphatic carbocycles. The van der Waals surface area contributed by atoms with E-state index in [1.54, 1.807) is 6.07 Å². The molecule has 0 spiro atoms. The van der Waals surface area contributed by atoms with Crippen LogP contribution < -0.4 is 11.3 Å². The number of anilines is 1. The molecule has 0 bridgehead atoms. The van der Waals surface area contributed by atoms with Gasteiger partial charge in [0.25, 0.3) is 5.56 Å². The Balaban J connectivity index is 2.59. The topological polar surface area (TPSA) is 84.7 Å². The number of aryl methyl sites for hydroxylation is 1. The van der Waals surface area contributed by atoms with Gasteiger partial charge in [0.1, 0.15) is 11.5 Å². The zero-order valence-corrected chi connectivity index (χ0v) is 10.7. The summed E-state index contributed by atoms with van der Waals surface area (Å²) in [6.45, 7) is 5.70. The zero-order valence-electron chi connectivity index (χ0n) is 10.7. The normalized spacial score (nSPS) is 10.9. The minimum atomic E-state index is -0.198. The Bertz CT molecular complexity index is 631. The molecule has 0 atom stereocenters. The Morgan fingerprint density at radius 3 is 2.56 bits per heavy atom. The molecule has 18 heavy (non-hydrogen) atoms. The molecule has 2 heterocycles. The van der Waals surface area contributed by atoms with E-state index in [0.29, 0.717) is 17.1 Å². The van der Waals surface area contributed by atoms with Crippen LogP contribution in [0.5, 0.6) is 0 Å². The van der Waals surface area contributed by atoms with Gasteiger partial charge in [-0.2, -0.15) is 0 Å². The van der Waals surface area contributed by atoms with E-state index in [4.69, 9.17) is 5.73 Å². The average molecular weight is 244 g/mol. The van der Waals surface area contributed by atoms with Crippen molar-refractivity contribution >= 4 is 5.82 Å². The number of nitrogens with one attached hydrogen (secondary N) is 1. The summed E-state index contributed by atoms with van der Waals surface area (Å²) in [6.07, 6.45) is 0. The van der Waals surface area contributed by atoms with Crippen LogP contribution in [0, 0.1) is 6.92 Å². The van der Waals surface area contributed by atoms with Gasteiger partial charge in [-0.1, -0.05) is 19.9 Å². The molecule has 2 aromatic rings. The molecule has 0 aliphatic heterocycles. The van der Waals surface area contributed by atoms with Crippen molar-refractivity contribution in [3.05, 3.63) is 39.8 Å². The molecule has 3 N–H and O–H groups in total. The van der Waals surface area contributed by atoms with Crippen LogP contribution in [-0.2, 0) is 0 Å². The first-order chi connectivity index (χ1) is 8.49. The van der Waals surface area contributed by atoms with Crippen molar-refractivity contribution in [2.45, 2.75) is 26.7 Å². The lowest BCUT2D eigenvalue weighted by atomic mass is 10.1. The van der Waals surface area contributed by atoms with Gasteiger partial charge in [-0.15, -0.1) is 0 Å². The smallest absolute Gasteiger partial charge is 0.256 e. The number of aromatic nitrogens is 3. The third-order valence-electron chi connectivity index (χ3n) is 2.69. The van der Waals surface area contributed by atoms with E-state index >= 15 is 0 Å². The molecule has 0 amide bonds. The summed E-state index contributed by atoms with van der Waals surface area (Å²) in [5.74, 6) is 0.721. The maximum Gasteiger partial charge on any atom is 0.256 e. The predicted molar refractivity (Wildman–Crippen MR) is 71.3 cm³/mol. The molecular formula is C13H16N4O. The molecule has 0 fully saturated rings. The van der Waals surface area contributed by atoms with E-state index in [-0.39, 0.29) is 17.3 Å². The van der Waals surface area contributed by atoms with Crippen LogP contribution in [0.4, 0.5) is 5.82 Å². The standard InChI is InChI=1S/C13H16N4O/c1-7(2)10-11(14)16-12(17-13(10)18)9-6-4-5-8(3)15-9/h4-7H,1-3H3,(H3,14,16,17,18). The quantitative estimate of drug-likeness (QED) is 0.844. The second kappa shape index (κ2) is 4.60. The van der Waals surface area contributed by atoms with Gasteiger partial charge in [-0.25, -0.2) is 9.97 Å². The van der Waals surface area contributed by atoms with E-state index < -0.39 is 0 Å². The number of hydrogen-bond acceptors (Lipinski definition) is 4. The second-order valence-corrected chi connectivity index (χ2v) is 4.53. The summed E-state index contributed by atoms with van der Waals surface area (Å²) < 4.78 is 0. The molecule has 94 valence electrons. The van der Waals surface area contributed by atoms with E-state index in [2.05, 4.69) is 15.0 Å². The summed E-state index contributed by atoms with van der Waals surface area (Å²) in [6, 6.07) is 5.54. The number of nitrogen functional groups attached to an aromatic ring is 1. The van der Waals surface area contributed by atoms with Crippen LogP contribution in [0.15, 0.2) is 23.0 Å². The number of hydrogen-bond donors (Lipinski definition) is 2. The Labute approximate surface area is 105 Å². The van der Waals surface area contributed by atoms with Crippen molar-refractivity contribution in [1.82, 2.24) is 15.0 Å². The van der Waals surface area contributed by atoms with Gasteiger partial charge < -0.3 is 10.7 Å². The first-order valence-corrected chi connectivity index (χ1v) is 5.82. The maximum absolute atomic E-state index is 12.0. The highest BCUT2D eigenvalue weighted by atomic mass is 16.1. The zero-order chi connectivity index (χ0) is 13.3. The molecule has 0 radical (unpaired) electrons. The van der Waals surface area contributed by atoms with Gasteiger partial charge in [-0.3, -0.25) is 4.79 Å². The largest absolute Gasteiger partial charge is 0.383 e. The molecule has 5 nitrogen and oxygen atoms in total. The molecule has 0 saturated carbocycles. The van der Waals surface area contributed by atoms with Crippen molar-refractivity contribution in [3.63, 3.8) is 0 Å². The first kappa shape index (κ1) is 12.3. The van der Waals surface area contributed by atoms with E-state index in [0.717, 1.165) is 5.69 Å². The van der Waals surface area contributed by atoms with Gasteiger partial charge in [0.05, 0.1) is 5.56 Å². The summed E-state index contributed by atoms with van der Waals surface area (Å²) >= 11 is 0. The number of nitrogens with zero attached hydrogens (tertiary/aromatic N) is 2. The lowest BCUT2D eigenvalue weighted by Crippen LogP contribution is -2.19. The van der Waals surface area contributed by atoms with Crippen LogP contribution in [0.2, 0.25) is 0 Å². The summed E-state index contributed by atoms with van der Waals surface area (Å²) in [7, 11) is 0. The number of nitrogens with two attached hydrogens (primary N) is 1. The number of aromatic amines is 1. The van der Waals surface area contributed by atoms with Crippen molar-refractivity contribution in [2.75, 3.05) is 5.73 Å². The SMILES string of the molecule is Cc1cccc(-c2nc(N)c(C(C)C)c(=O)[nH]2)n1. The highest BCUT2D eigenvalue weighted by molar-refractivity contribution is 5.53. The lowest BCUT2D eigenvalue weighted by molar-refractivity contribution is 0.836. The third kappa shape index (κ3) is 2.25. The lowest BCUT2D eigenvalue weighted by Gasteiger charge is -2.09. The van der Waals surface area contributed by atoms with Gasteiger partial charge in [0.2, 0.25) is 0 Å². The molecule has 0 unspecified atom stereocenters. The van der Waals surface area contributed by atoms with Gasteiger partial charge in [0, 0.05) is 5.69 Å². The Morgan fingerprint density at radius 2 is 2.00 bits per heavy atom. The molecule has 5 heteroatoms. The van der Waals surface area contributed by atoms with E-state index in [9.17, 15) is 4.79 Å². The Morgan fingerprint density at radius 1 is 1.28 bits per heavy atom. The van der Waals surface area contributed by atoms with Crippen molar-refractivity contribution in [2.24, 2.45) is 0 Å². The Hall–Kier alpha value is -2.17. The van der Waals surface area contributed by atoms with E-state index in [1.807, 2.05) is 32.9 Å². The highest BCUT2D eigenvalue weighted by Crippen LogP contribution is 2.18. The molecule has 0 saturated heterocycles. The van der Waals surface area contributed by atoms with Crippen molar-refractivity contribution in [3.8, 4) is 11.5 Å². The number of pyridine rings is 1.